The van der Waals surface area contributed by atoms with E-state index in [0.29, 0.717) is 0 Å². The molecule has 1 amide bonds. The minimum absolute atomic E-state index is 0.1000. The minimum atomic E-state index is -0.638. The van der Waals surface area contributed by atoms with Crippen molar-refractivity contribution in [1.29, 1.82) is 0 Å². The number of ether oxygens (including phenoxy) is 2. The normalized spacial score (nSPS) is 15.9. The molecule has 112 valence electrons. The number of amides is 1. The first-order chi connectivity index (χ1) is 10.7. The predicted molar refractivity (Wildman–Crippen MR) is 79.9 cm³/mol. The van der Waals surface area contributed by atoms with Gasteiger partial charge in [0.1, 0.15) is 5.92 Å². The van der Waals surface area contributed by atoms with Crippen molar-refractivity contribution >= 4 is 17.7 Å². The van der Waals surface area contributed by atoms with E-state index in [2.05, 4.69) is 26.8 Å². The molecule has 7 nitrogen and oxygen atoms in total. The van der Waals surface area contributed by atoms with Crippen molar-refractivity contribution in [2.24, 2.45) is 0 Å². The van der Waals surface area contributed by atoms with Crippen molar-refractivity contribution in [2.75, 3.05) is 19.5 Å². The van der Waals surface area contributed by atoms with Gasteiger partial charge in [-0.25, -0.2) is 0 Å². The Hall–Kier alpha value is -2.96. The number of aromatic nitrogens is 3. The number of fused-ring (bicyclic) bond motifs is 1. The number of carbonyl (C=O) groups excluding carboxylic acids is 1. The lowest BCUT2D eigenvalue weighted by molar-refractivity contribution is -0.116. The highest BCUT2D eigenvalue weighted by atomic mass is 16.5. The van der Waals surface area contributed by atoms with Gasteiger partial charge in [-0.05, 0) is 11.1 Å². The first-order valence-corrected chi connectivity index (χ1v) is 6.58. The molecule has 0 fully saturated rings. The van der Waals surface area contributed by atoms with Crippen LogP contribution in [0.4, 0.5) is 5.69 Å². The monoisotopic (exact) mass is 298 g/mol. The fourth-order valence-corrected chi connectivity index (χ4v) is 2.40. The third-order valence-corrected chi connectivity index (χ3v) is 3.41. The summed E-state index contributed by atoms with van der Waals surface area (Å²) in [5.74, 6) is -0.568. The number of hydrogen-bond donors (Lipinski definition) is 1. The molecule has 22 heavy (non-hydrogen) atoms. The van der Waals surface area contributed by atoms with E-state index in [4.69, 9.17) is 9.47 Å². The lowest BCUT2D eigenvalue weighted by Gasteiger charge is -2.10. The Morgan fingerprint density at radius 2 is 1.86 bits per heavy atom. The van der Waals surface area contributed by atoms with Gasteiger partial charge in [-0.2, -0.15) is 9.97 Å². The van der Waals surface area contributed by atoms with Crippen LogP contribution in [0.1, 0.15) is 22.9 Å². The third kappa shape index (κ3) is 2.16. The van der Waals surface area contributed by atoms with Crippen LogP contribution in [0.25, 0.3) is 6.08 Å². The number of nitrogens with zero attached hydrogens (tertiary/aromatic N) is 3. The summed E-state index contributed by atoms with van der Waals surface area (Å²) in [4.78, 5) is 24.7. The number of nitrogens with one attached hydrogen (secondary N) is 1. The van der Waals surface area contributed by atoms with Gasteiger partial charge >= 0.3 is 12.0 Å². The molecule has 1 aromatic carbocycles. The van der Waals surface area contributed by atoms with Gasteiger partial charge in [0.05, 0.1) is 19.9 Å². The number of para-hydroxylation sites is 1. The summed E-state index contributed by atoms with van der Waals surface area (Å²) in [6.45, 7) is 3.75. The van der Waals surface area contributed by atoms with Gasteiger partial charge in [-0.3, -0.25) is 4.79 Å². The molecule has 1 aromatic heterocycles. The van der Waals surface area contributed by atoms with Crippen molar-refractivity contribution in [3.63, 3.8) is 0 Å². The highest BCUT2D eigenvalue weighted by Gasteiger charge is 2.36. The smallest absolute Gasteiger partial charge is 0.322 e. The summed E-state index contributed by atoms with van der Waals surface area (Å²) >= 11 is 0. The van der Waals surface area contributed by atoms with Crippen molar-refractivity contribution in [3.8, 4) is 12.0 Å². The Bertz CT molecular complexity index is 738. The average molecular weight is 298 g/mol. The Labute approximate surface area is 127 Å². The fraction of sp³-hybridized carbons (Fsp3) is 0.200. The van der Waals surface area contributed by atoms with Gasteiger partial charge in [0, 0.05) is 0 Å². The molecule has 0 bridgehead atoms. The topological polar surface area (TPSA) is 86.2 Å². The first kappa shape index (κ1) is 14.0. The molecule has 0 radical (unpaired) electrons. The summed E-state index contributed by atoms with van der Waals surface area (Å²) < 4.78 is 10.1. The van der Waals surface area contributed by atoms with E-state index in [-0.39, 0.29) is 23.8 Å². The quantitative estimate of drug-likeness (QED) is 0.923. The van der Waals surface area contributed by atoms with Crippen molar-refractivity contribution in [3.05, 3.63) is 41.7 Å². The minimum Gasteiger partial charge on any atom is -0.467 e. The maximum atomic E-state index is 12.4. The number of rotatable bonds is 4. The van der Waals surface area contributed by atoms with E-state index in [1.54, 1.807) is 6.08 Å². The van der Waals surface area contributed by atoms with Crippen molar-refractivity contribution in [2.45, 2.75) is 5.92 Å². The van der Waals surface area contributed by atoms with E-state index in [9.17, 15) is 4.79 Å². The third-order valence-electron chi connectivity index (χ3n) is 3.41. The van der Waals surface area contributed by atoms with E-state index < -0.39 is 5.92 Å². The second-order valence-corrected chi connectivity index (χ2v) is 4.60. The lowest BCUT2D eigenvalue weighted by atomic mass is 9.98. The highest BCUT2D eigenvalue weighted by Crippen LogP contribution is 2.38. The van der Waals surface area contributed by atoms with E-state index in [1.165, 1.54) is 14.2 Å². The molecule has 2 aromatic rings. The number of carbonyl (C=O) groups is 1. The fourth-order valence-electron chi connectivity index (χ4n) is 2.40. The Morgan fingerprint density at radius 1 is 1.18 bits per heavy atom. The average Bonchev–Trinajstić information content (AvgIpc) is 2.89. The molecule has 1 atom stereocenters. The molecule has 0 spiro atoms. The Balaban J connectivity index is 2.14. The standard InChI is InChI=1S/C15H14N4O3/c1-4-8-6-5-7-9-10(13(20)16-11(8)9)12-17-14(21-2)19-15(18-12)22-3/h4-7,10H,1H2,2-3H3,(H,16,20). The number of anilines is 1. The number of benzene rings is 1. The zero-order chi connectivity index (χ0) is 15.7. The molecule has 0 saturated heterocycles. The summed E-state index contributed by atoms with van der Waals surface area (Å²) in [6.07, 6.45) is 1.69. The molecule has 0 saturated carbocycles. The van der Waals surface area contributed by atoms with Crippen LogP contribution in [0.15, 0.2) is 24.8 Å². The molecule has 0 aliphatic carbocycles. The van der Waals surface area contributed by atoms with Crippen LogP contribution in [-0.4, -0.2) is 35.1 Å². The van der Waals surface area contributed by atoms with Crippen LogP contribution in [-0.2, 0) is 4.79 Å². The van der Waals surface area contributed by atoms with Gasteiger partial charge in [-0.1, -0.05) is 30.9 Å². The number of methoxy groups -OCH3 is 2. The van der Waals surface area contributed by atoms with Gasteiger partial charge in [0.2, 0.25) is 5.91 Å². The maximum absolute atomic E-state index is 12.4. The second-order valence-electron chi connectivity index (χ2n) is 4.60. The molecule has 1 N–H and O–H groups in total. The largest absolute Gasteiger partial charge is 0.467 e. The molecule has 3 rings (SSSR count). The molecule has 1 aliphatic rings. The predicted octanol–water partition coefficient (Wildman–Crippen LogP) is 1.62. The van der Waals surface area contributed by atoms with Gasteiger partial charge in [0.15, 0.2) is 5.82 Å². The lowest BCUT2D eigenvalue weighted by Crippen LogP contribution is -2.17. The zero-order valence-corrected chi connectivity index (χ0v) is 12.2. The van der Waals surface area contributed by atoms with Crippen molar-refractivity contribution < 1.29 is 14.3 Å². The van der Waals surface area contributed by atoms with E-state index in [1.807, 2.05) is 18.2 Å². The molecular weight excluding hydrogens is 284 g/mol. The van der Waals surface area contributed by atoms with Gasteiger partial charge in [-0.15, -0.1) is 4.98 Å². The zero-order valence-electron chi connectivity index (χ0n) is 12.2. The molecule has 7 heteroatoms. The maximum Gasteiger partial charge on any atom is 0.322 e. The molecule has 2 heterocycles. The SMILES string of the molecule is C=Cc1cccc2c1NC(=O)C2c1nc(OC)nc(OC)n1. The first-order valence-electron chi connectivity index (χ1n) is 6.58. The second kappa shape index (κ2) is 5.44. The highest BCUT2D eigenvalue weighted by molar-refractivity contribution is 6.06. The summed E-state index contributed by atoms with van der Waals surface area (Å²) in [5, 5.41) is 2.85. The number of hydrogen-bond acceptors (Lipinski definition) is 6. The van der Waals surface area contributed by atoms with Crippen LogP contribution in [0.5, 0.6) is 12.0 Å². The molecule has 1 aliphatic heterocycles. The summed E-state index contributed by atoms with van der Waals surface area (Å²) in [5.41, 5.74) is 2.37. The Morgan fingerprint density at radius 3 is 2.45 bits per heavy atom. The van der Waals surface area contributed by atoms with E-state index in [0.717, 1.165) is 16.8 Å². The van der Waals surface area contributed by atoms with Gasteiger partial charge < -0.3 is 14.8 Å². The van der Waals surface area contributed by atoms with Crippen LogP contribution < -0.4 is 14.8 Å². The van der Waals surface area contributed by atoms with Gasteiger partial charge in [0.25, 0.3) is 0 Å². The summed E-state index contributed by atoms with van der Waals surface area (Å²) in [6, 6.07) is 5.79. The van der Waals surface area contributed by atoms with Crippen LogP contribution in [0.2, 0.25) is 0 Å². The van der Waals surface area contributed by atoms with Crippen molar-refractivity contribution in [1.82, 2.24) is 15.0 Å². The van der Waals surface area contributed by atoms with Crippen LogP contribution in [0.3, 0.4) is 0 Å². The summed E-state index contributed by atoms with van der Waals surface area (Å²) in [7, 11) is 2.88. The van der Waals surface area contributed by atoms with E-state index >= 15 is 0 Å². The molecular formula is C15H14N4O3. The van der Waals surface area contributed by atoms with Crippen LogP contribution in [0, 0.1) is 0 Å². The Kier molecular flexibility index (Phi) is 3.46. The molecule has 1 unspecified atom stereocenters. The van der Waals surface area contributed by atoms with Crippen LogP contribution >= 0.6 is 0 Å².